The fourth-order valence-electron chi connectivity index (χ4n) is 0.920. The van der Waals surface area contributed by atoms with Crippen LogP contribution in [-0.2, 0) is 9.63 Å². The standard InChI is InChI=1S/C8H16N2O5/c1-6(2)10(3-4-11)8(14)9-15-5-7(12)13/h6,11H,3-5H2,1-2H3,(H,9,14)(H,12,13). The van der Waals surface area contributed by atoms with Crippen LogP contribution in [-0.4, -0.2) is 52.9 Å². The van der Waals surface area contributed by atoms with Gasteiger partial charge in [0.25, 0.3) is 0 Å². The molecule has 0 spiro atoms. The summed E-state index contributed by atoms with van der Waals surface area (Å²) in [5.41, 5.74) is 1.98. The summed E-state index contributed by atoms with van der Waals surface area (Å²) in [6, 6.07) is -0.675. The van der Waals surface area contributed by atoms with Crippen molar-refractivity contribution in [2.45, 2.75) is 19.9 Å². The number of carboxylic acid groups (broad SMARTS) is 1. The maximum Gasteiger partial charge on any atom is 0.341 e. The number of hydrogen-bond acceptors (Lipinski definition) is 4. The first-order chi connectivity index (χ1) is 6.99. The molecule has 0 aromatic carbocycles. The molecule has 0 saturated carbocycles. The van der Waals surface area contributed by atoms with Crippen LogP contribution in [0, 0.1) is 0 Å². The number of hydrogen-bond donors (Lipinski definition) is 3. The number of carbonyl (C=O) groups excluding carboxylic acids is 1. The van der Waals surface area contributed by atoms with Gasteiger partial charge in [0.05, 0.1) is 6.61 Å². The lowest BCUT2D eigenvalue weighted by Gasteiger charge is -2.25. The van der Waals surface area contributed by atoms with E-state index in [9.17, 15) is 9.59 Å². The summed E-state index contributed by atoms with van der Waals surface area (Å²) in [4.78, 5) is 27.2. The molecule has 0 aromatic rings. The number of nitrogens with one attached hydrogen (secondary N) is 1. The SMILES string of the molecule is CC(C)N(CCO)C(=O)NOCC(=O)O. The Hall–Kier alpha value is -1.34. The Kier molecular flexibility index (Phi) is 6.39. The van der Waals surface area contributed by atoms with Crippen LogP contribution in [0.15, 0.2) is 0 Å². The Balaban J connectivity index is 3.97. The summed E-state index contributed by atoms with van der Waals surface area (Å²) >= 11 is 0. The normalized spacial score (nSPS) is 10.1. The third kappa shape index (κ3) is 5.87. The first-order valence-corrected chi connectivity index (χ1v) is 4.50. The number of hydroxylamine groups is 1. The van der Waals surface area contributed by atoms with Crippen molar-refractivity contribution in [3.05, 3.63) is 0 Å². The fraction of sp³-hybridized carbons (Fsp3) is 0.750. The number of aliphatic hydroxyl groups is 1. The Labute approximate surface area is 87.6 Å². The highest BCUT2D eigenvalue weighted by Crippen LogP contribution is 1.97. The van der Waals surface area contributed by atoms with Gasteiger partial charge in [-0.1, -0.05) is 0 Å². The first kappa shape index (κ1) is 13.7. The van der Waals surface area contributed by atoms with E-state index < -0.39 is 18.6 Å². The molecular weight excluding hydrogens is 204 g/mol. The summed E-state index contributed by atoms with van der Waals surface area (Å²) in [6.45, 7) is 2.94. The highest BCUT2D eigenvalue weighted by molar-refractivity contribution is 5.74. The van der Waals surface area contributed by atoms with Crippen molar-refractivity contribution in [2.75, 3.05) is 19.8 Å². The second-order valence-corrected chi connectivity index (χ2v) is 3.10. The van der Waals surface area contributed by atoms with Crippen LogP contribution in [0.25, 0.3) is 0 Å². The van der Waals surface area contributed by atoms with Crippen LogP contribution in [0.1, 0.15) is 13.8 Å². The van der Waals surface area contributed by atoms with Gasteiger partial charge in [-0.25, -0.2) is 15.1 Å². The van der Waals surface area contributed by atoms with Crippen LogP contribution >= 0.6 is 0 Å². The van der Waals surface area contributed by atoms with Gasteiger partial charge >= 0.3 is 12.0 Å². The molecule has 0 unspecified atom stereocenters. The molecule has 3 N–H and O–H groups in total. The predicted molar refractivity (Wildman–Crippen MR) is 51.0 cm³/mol. The molecule has 0 radical (unpaired) electrons. The van der Waals surface area contributed by atoms with Crippen LogP contribution in [0.4, 0.5) is 4.79 Å². The van der Waals surface area contributed by atoms with Crippen molar-refractivity contribution < 1.29 is 24.6 Å². The minimum atomic E-state index is -1.17. The predicted octanol–water partition coefficient (Wildman–Crippen LogP) is -0.585. The van der Waals surface area contributed by atoms with Gasteiger partial charge in [0.1, 0.15) is 0 Å². The lowest BCUT2D eigenvalue weighted by molar-refractivity contribution is -0.144. The number of carboxylic acids is 1. The summed E-state index contributed by atoms with van der Waals surface area (Å²) in [7, 11) is 0. The Bertz CT molecular complexity index is 219. The minimum Gasteiger partial charge on any atom is -0.479 e. The molecule has 0 rings (SSSR count). The summed E-state index contributed by atoms with van der Waals surface area (Å²) < 4.78 is 0. The molecule has 0 aliphatic carbocycles. The molecule has 0 aliphatic rings. The molecule has 0 heterocycles. The van der Waals surface area contributed by atoms with Crippen molar-refractivity contribution >= 4 is 12.0 Å². The van der Waals surface area contributed by atoms with Gasteiger partial charge in [0, 0.05) is 12.6 Å². The molecule has 15 heavy (non-hydrogen) atoms. The number of rotatable bonds is 6. The topological polar surface area (TPSA) is 99.1 Å². The number of carbonyl (C=O) groups is 2. The van der Waals surface area contributed by atoms with E-state index in [0.717, 1.165) is 0 Å². The lowest BCUT2D eigenvalue weighted by atomic mass is 10.3. The van der Waals surface area contributed by atoms with Gasteiger partial charge in [-0.2, -0.15) is 0 Å². The van der Waals surface area contributed by atoms with E-state index in [1.54, 1.807) is 13.8 Å². The molecule has 2 amide bonds. The number of aliphatic hydroxyl groups excluding tert-OH is 1. The Morgan fingerprint density at radius 1 is 1.47 bits per heavy atom. The van der Waals surface area contributed by atoms with Crippen molar-refractivity contribution in [2.24, 2.45) is 0 Å². The highest BCUT2D eigenvalue weighted by atomic mass is 16.7. The van der Waals surface area contributed by atoms with E-state index in [4.69, 9.17) is 10.2 Å². The highest BCUT2D eigenvalue weighted by Gasteiger charge is 2.16. The van der Waals surface area contributed by atoms with E-state index in [-0.39, 0.29) is 19.2 Å². The third-order valence-corrected chi connectivity index (χ3v) is 1.58. The Morgan fingerprint density at radius 3 is 2.47 bits per heavy atom. The molecule has 0 bridgehead atoms. The Morgan fingerprint density at radius 2 is 2.07 bits per heavy atom. The summed E-state index contributed by atoms with van der Waals surface area (Å²) in [5, 5.41) is 16.9. The largest absolute Gasteiger partial charge is 0.479 e. The minimum absolute atomic E-state index is 0.106. The zero-order valence-corrected chi connectivity index (χ0v) is 8.77. The van der Waals surface area contributed by atoms with Crippen molar-refractivity contribution in [1.29, 1.82) is 0 Å². The molecule has 0 atom stereocenters. The number of aliphatic carboxylic acids is 1. The van der Waals surface area contributed by atoms with Crippen LogP contribution in [0.5, 0.6) is 0 Å². The van der Waals surface area contributed by atoms with Gasteiger partial charge in [-0.15, -0.1) is 0 Å². The quantitative estimate of drug-likeness (QED) is 0.520. The molecule has 0 fully saturated rings. The van der Waals surface area contributed by atoms with Crippen LogP contribution in [0.3, 0.4) is 0 Å². The van der Waals surface area contributed by atoms with E-state index in [2.05, 4.69) is 4.84 Å². The van der Waals surface area contributed by atoms with E-state index in [0.29, 0.717) is 0 Å². The number of urea groups is 1. The summed E-state index contributed by atoms with van der Waals surface area (Å²) in [5.74, 6) is -1.17. The second kappa shape index (κ2) is 7.02. The van der Waals surface area contributed by atoms with Crippen molar-refractivity contribution in [3.63, 3.8) is 0 Å². The smallest absolute Gasteiger partial charge is 0.341 e. The summed E-state index contributed by atoms with van der Waals surface area (Å²) in [6.07, 6.45) is 0. The molecule has 7 heteroatoms. The molecular formula is C8H16N2O5. The van der Waals surface area contributed by atoms with Gasteiger partial charge in [-0.3, -0.25) is 4.84 Å². The maximum atomic E-state index is 11.3. The zero-order chi connectivity index (χ0) is 11.8. The maximum absolute atomic E-state index is 11.3. The molecule has 7 nitrogen and oxygen atoms in total. The van der Waals surface area contributed by atoms with Crippen molar-refractivity contribution in [1.82, 2.24) is 10.4 Å². The molecule has 0 saturated heterocycles. The lowest BCUT2D eigenvalue weighted by Crippen LogP contribution is -2.45. The van der Waals surface area contributed by atoms with Crippen molar-refractivity contribution in [3.8, 4) is 0 Å². The van der Waals surface area contributed by atoms with Gasteiger partial charge < -0.3 is 15.1 Å². The third-order valence-electron chi connectivity index (χ3n) is 1.58. The molecule has 0 aromatic heterocycles. The monoisotopic (exact) mass is 220 g/mol. The van der Waals surface area contributed by atoms with E-state index >= 15 is 0 Å². The van der Waals surface area contributed by atoms with E-state index in [1.807, 2.05) is 5.48 Å². The van der Waals surface area contributed by atoms with Gasteiger partial charge in [0.2, 0.25) is 0 Å². The fourth-order valence-corrected chi connectivity index (χ4v) is 0.920. The number of nitrogens with zero attached hydrogens (tertiary/aromatic N) is 1. The van der Waals surface area contributed by atoms with Crippen LogP contribution < -0.4 is 5.48 Å². The second-order valence-electron chi connectivity index (χ2n) is 3.10. The molecule has 0 aliphatic heterocycles. The van der Waals surface area contributed by atoms with Gasteiger partial charge in [-0.05, 0) is 13.8 Å². The average Bonchev–Trinajstić information content (AvgIpc) is 2.12. The van der Waals surface area contributed by atoms with E-state index in [1.165, 1.54) is 4.90 Å². The number of amides is 2. The molecule has 88 valence electrons. The first-order valence-electron chi connectivity index (χ1n) is 4.50. The zero-order valence-electron chi connectivity index (χ0n) is 8.77. The van der Waals surface area contributed by atoms with Crippen LogP contribution in [0.2, 0.25) is 0 Å². The average molecular weight is 220 g/mol. The van der Waals surface area contributed by atoms with Gasteiger partial charge in [0.15, 0.2) is 6.61 Å².